The van der Waals surface area contributed by atoms with Gasteiger partial charge in [0, 0.05) is 38.1 Å². The molecule has 1 aliphatic rings. The highest BCUT2D eigenvalue weighted by Crippen LogP contribution is 2.26. The van der Waals surface area contributed by atoms with Crippen molar-refractivity contribution in [1.82, 2.24) is 9.97 Å². The van der Waals surface area contributed by atoms with Crippen LogP contribution in [-0.2, 0) is 0 Å². The Kier molecular flexibility index (Phi) is 4.97. The molecule has 2 aromatic rings. The first-order valence-electron chi connectivity index (χ1n) is 8.00. The van der Waals surface area contributed by atoms with Crippen LogP contribution in [0.4, 0.5) is 24.8 Å². The Bertz CT molecular complexity index is 773. The van der Waals surface area contributed by atoms with E-state index in [9.17, 15) is 18.0 Å². The maximum Gasteiger partial charge on any atom is 0.573 e. The first-order chi connectivity index (χ1) is 12.4. The average Bonchev–Trinajstić information content (AvgIpc) is 2.61. The molecule has 0 aliphatic carbocycles. The molecule has 0 radical (unpaired) electrons. The van der Waals surface area contributed by atoms with Crippen LogP contribution in [0.5, 0.6) is 5.75 Å². The summed E-state index contributed by atoms with van der Waals surface area (Å²) < 4.78 is 40.5. The zero-order chi connectivity index (χ0) is 18.7. The molecule has 0 amide bonds. The smallest absolute Gasteiger partial charge is 0.406 e. The molecule has 6 nitrogen and oxygen atoms in total. The number of halogens is 3. The van der Waals surface area contributed by atoms with Gasteiger partial charge in [0.15, 0.2) is 6.29 Å². The standard InChI is InChI=1S/C17H17F3N4O2/c1-12-13(11-25)10-21-16(22-12)24-8-6-23(7-9-24)14-2-4-15(5-3-14)26-17(18,19)20/h2-5,10-11H,6-9H2,1H3. The number of rotatable bonds is 4. The second-order valence-electron chi connectivity index (χ2n) is 5.84. The van der Waals surface area contributed by atoms with Gasteiger partial charge in [0.1, 0.15) is 5.75 Å². The van der Waals surface area contributed by atoms with Crippen LogP contribution in [0.25, 0.3) is 0 Å². The van der Waals surface area contributed by atoms with Crippen molar-refractivity contribution in [3.05, 3.63) is 41.7 Å². The van der Waals surface area contributed by atoms with E-state index in [0.29, 0.717) is 43.4 Å². The summed E-state index contributed by atoms with van der Waals surface area (Å²) in [5, 5.41) is 0. The monoisotopic (exact) mass is 366 g/mol. The minimum Gasteiger partial charge on any atom is -0.406 e. The number of hydrogen-bond acceptors (Lipinski definition) is 6. The van der Waals surface area contributed by atoms with Crippen molar-refractivity contribution in [2.75, 3.05) is 36.0 Å². The summed E-state index contributed by atoms with van der Waals surface area (Å²) in [6.07, 6.45) is -2.45. The predicted molar refractivity (Wildman–Crippen MR) is 89.7 cm³/mol. The van der Waals surface area contributed by atoms with Gasteiger partial charge in [-0.1, -0.05) is 0 Å². The summed E-state index contributed by atoms with van der Waals surface area (Å²) in [7, 11) is 0. The Morgan fingerprint density at radius 1 is 1.08 bits per heavy atom. The number of ether oxygens (including phenoxy) is 1. The quantitative estimate of drug-likeness (QED) is 0.776. The van der Waals surface area contributed by atoms with Crippen LogP contribution in [0.3, 0.4) is 0 Å². The lowest BCUT2D eigenvalue weighted by atomic mass is 10.2. The van der Waals surface area contributed by atoms with Gasteiger partial charge < -0.3 is 14.5 Å². The summed E-state index contributed by atoms with van der Waals surface area (Å²) in [5.41, 5.74) is 1.92. The van der Waals surface area contributed by atoms with Crippen LogP contribution in [0.2, 0.25) is 0 Å². The highest BCUT2D eigenvalue weighted by molar-refractivity contribution is 5.75. The molecule has 1 aromatic heterocycles. The van der Waals surface area contributed by atoms with Crippen LogP contribution in [0, 0.1) is 6.92 Å². The lowest BCUT2D eigenvalue weighted by Crippen LogP contribution is -2.47. The normalized spacial score (nSPS) is 15.1. The van der Waals surface area contributed by atoms with Gasteiger partial charge >= 0.3 is 6.36 Å². The number of aldehydes is 1. The number of aromatic nitrogens is 2. The molecule has 1 aromatic carbocycles. The lowest BCUT2D eigenvalue weighted by molar-refractivity contribution is -0.274. The summed E-state index contributed by atoms with van der Waals surface area (Å²) >= 11 is 0. The highest BCUT2D eigenvalue weighted by Gasteiger charge is 2.31. The number of alkyl halides is 3. The second kappa shape index (κ2) is 7.19. The first-order valence-corrected chi connectivity index (χ1v) is 8.00. The number of carbonyl (C=O) groups is 1. The molecular weight excluding hydrogens is 349 g/mol. The van der Waals surface area contributed by atoms with E-state index in [2.05, 4.69) is 19.6 Å². The van der Waals surface area contributed by atoms with Crippen molar-refractivity contribution < 1.29 is 22.7 Å². The molecule has 0 atom stereocenters. The van der Waals surface area contributed by atoms with Gasteiger partial charge in [0.25, 0.3) is 0 Å². The fraction of sp³-hybridized carbons (Fsp3) is 0.353. The Balaban J connectivity index is 1.61. The number of piperazine rings is 1. The topological polar surface area (TPSA) is 58.6 Å². The molecule has 1 fully saturated rings. The molecule has 0 saturated carbocycles. The molecule has 3 rings (SSSR count). The van der Waals surface area contributed by atoms with Gasteiger partial charge in [-0.15, -0.1) is 13.2 Å². The van der Waals surface area contributed by atoms with Gasteiger partial charge in [0.2, 0.25) is 5.95 Å². The van der Waals surface area contributed by atoms with Crippen molar-refractivity contribution in [3.8, 4) is 5.75 Å². The van der Waals surface area contributed by atoms with E-state index >= 15 is 0 Å². The Morgan fingerprint density at radius 3 is 2.23 bits per heavy atom. The van der Waals surface area contributed by atoms with E-state index in [0.717, 1.165) is 12.0 Å². The maximum absolute atomic E-state index is 12.2. The SMILES string of the molecule is Cc1nc(N2CCN(c3ccc(OC(F)(F)F)cc3)CC2)ncc1C=O. The predicted octanol–water partition coefficient (Wildman–Crippen LogP) is 2.82. The van der Waals surface area contributed by atoms with E-state index in [4.69, 9.17) is 0 Å². The Hall–Kier alpha value is -2.84. The molecule has 2 heterocycles. The van der Waals surface area contributed by atoms with Gasteiger partial charge in [-0.25, -0.2) is 9.97 Å². The zero-order valence-electron chi connectivity index (χ0n) is 14.0. The third-order valence-corrected chi connectivity index (χ3v) is 4.13. The molecule has 1 aliphatic heterocycles. The highest BCUT2D eigenvalue weighted by atomic mass is 19.4. The van der Waals surface area contributed by atoms with Crippen molar-refractivity contribution >= 4 is 17.9 Å². The van der Waals surface area contributed by atoms with Crippen molar-refractivity contribution in [1.29, 1.82) is 0 Å². The number of nitrogens with zero attached hydrogens (tertiary/aromatic N) is 4. The Morgan fingerprint density at radius 2 is 1.69 bits per heavy atom. The van der Waals surface area contributed by atoms with Crippen LogP contribution in [0.1, 0.15) is 16.1 Å². The van der Waals surface area contributed by atoms with E-state index < -0.39 is 6.36 Å². The minimum atomic E-state index is -4.69. The number of carbonyl (C=O) groups excluding carboxylic acids is 1. The summed E-state index contributed by atoms with van der Waals surface area (Å²) in [6.45, 7) is 4.45. The van der Waals surface area contributed by atoms with Crippen molar-refractivity contribution in [2.24, 2.45) is 0 Å². The van der Waals surface area contributed by atoms with E-state index in [1.807, 2.05) is 4.90 Å². The van der Waals surface area contributed by atoms with Crippen molar-refractivity contribution in [3.63, 3.8) is 0 Å². The number of aryl methyl sites for hydroxylation is 1. The zero-order valence-corrected chi connectivity index (χ0v) is 14.0. The molecule has 1 saturated heterocycles. The molecule has 26 heavy (non-hydrogen) atoms. The average molecular weight is 366 g/mol. The molecular formula is C17H17F3N4O2. The molecule has 138 valence electrons. The summed E-state index contributed by atoms with van der Waals surface area (Å²) in [6, 6.07) is 5.83. The molecule has 0 bridgehead atoms. The van der Waals surface area contributed by atoms with E-state index in [1.54, 1.807) is 19.1 Å². The largest absolute Gasteiger partial charge is 0.573 e. The fourth-order valence-electron chi connectivity index (χ4n) is 2.76. The van der Waals surface area contributed by atoms with Gasteiger partial charge in [-0.3, -0.25) is 4.79 Å². The lowest BCUT2D eigenvalue weighted by Gasteiger charge is -2.36. The van der Waals surface area contributed by atoms with E-state index in [-0.39, 0.29) is 5.75 Å². The van der Waals surface area contributed by atoms with Crippen LogP contribution in [-0.4, -0.2) is 48.8 Å². The number of hydrogen-bond donors (Lipinski definition) is 0. The summed E-state index contributed by atoms with van der Waals surface area (Å²) in [5.74, 6) is 0.334. The summed E-state index contributed by atoms with van der Waals surface area (Å²) in [4.78, 5) is 23.5. The number of anilines is 2. The van der Waals surface area contributed by atoms with Gasteiger partial charge in [0.05, 0.1) is 11.3 Å². The molecule has 0 unspecified atom stereocenters. The molecule has 9 heteroatoms. The van der Waals surface area contributed by atoms with E-state index in [1.165, 1.54) is 18.3 Å². The van der Waals surface area contributed by atoms with Crippen LogP contribution < -0.4 is 14.5 Å². The van der Waals surface area contributed by atoms with Crippen molar-refractivity contribution in [2.45, 2.75) is 13.3 Å². The second-order valence-corrected chi connectivity index (χ2v) is 5.84. The molecule has 0 N–H and O–H groups in total. The first kappa shape index (κ1) is 18.0. The van der Waals surface area contributed by atoms with Gasteiger partial charge in [-0.2, -0.15) is 0 Å². The van der Waals surface area contributed by atoms with Gasteiger partial charge in [-0.05, 0) is 31.2 Å². The Labute approximate surface area is 148 Å². The third-order valence-electron chi connectivity index (χ3n) is 4.13. The number of benzene rings is 1. The fourth-order valence-corrected chi connectivity index (χ4v) is 2.76. The van der Waals surface area contributed by atoms with Crippen LogP contribution >= 0.6 is 0 Å². The van der Waals surface area contributed by atoms with Crippen LogP contribution in [0.15, 0.2) is 30.5 Å². The molecule has 0 spiro atoms. The third kappa shape index (κ3) is 4.22. The maximum atomic E-state index is 12.2. The minimum absolute atomic E-state index is 0.237.